The van der Waals surface area contributed by atoms with Gasteiger partial charge in [-0.1, -0.05) is 12.1 Å². The number of rotatable bonds is 5. The highest BCUT2D eigenvalue weighted by Gasteiger charge is 2.07. The Bertz CT molecular complexity index is 1300. The average molecular weight is 417 g/mol. The van der Waals surface area contributed by atoms with Gasteiger partial charge in [0.05, 0.1) is 5.69 Å². The van der Waals surface area contributed by atoms with Crippen LogP contribution in [0.3, 0.4) is 0 Å². The van der Waals surface area contributed by atoms with E-state index >= 15 is 0 Å². The van der Waals surface area contributed by atoms with E-state index in [0.29, 0.717) is 6.54 Å². The number of benzene rings is 3. The van der Waals surface area contributed by atoms with Gasteiger partial charge in [-0.15, -0.1) is 11.3 Å². The number of hydrogen-bond donors (Lipinski definition) is 1. The molecule has 0 bridgehead atoms. The van der Waals surface area contributed by atoms with E-state index in [2.05, 4.69) is 33.1 Å². The predicted octanol–water partition coefficient (Wildman–Crippen LogP) is 6.83. The fourth-order valence-corrected chi connectivity index (χ4v) is 4.15. The number of nitrogens with zero attached hydrogens (tertiary/aromatic N) is 2. The second kappa shape index (κ2) is 7.72. The molecule has 0 saturated carbocycles. The van der Waals surface area contributed by atoms with Crippen molar-refractivity contribution < 1.29 is 8.78 Å². The normalized spacial score (nSPS) is 11.1. The van der Waals surface area contributed by atoms with E-state index in [1.807, 2.05) is 17.6 Å². The first-order chi connectivity index (χ1) is 14.6. The summed E-state index contributed by atoms with van der Waals surface area (Å²) in [5.74, 6) is -0.483. The summed E-state index contributed by atoms with van der Waals surface area (Å²) in [5.41, 5.74) is 4.80. The minimum atomic E-state index is -0.257. The van der Waals surface area contributed by atoms with Gasteiger partial charge in [0.25, 0.3) is 0 Å². The van der Waals surface area contributed by atoms with Crippen LogP contribution in [0, 0.1) is 11.6 Å². The van der Waals surface area contributed by atoms with Gasteiger partial charge in [-0.3, -0.25) is 0 Å². The highest BCUT2D eigenvalue weighted by Crippen LogP contribution is 2.29. The first-order valence-corrected chi connectivity index (χ1v) is 10.3. The SMILES string of the molecule is Fc1ccc(Cn2ccc3cc(Nc4nc(-c5ccc(F)cc5)cs4)ccc32)cc1. The number of hydrogen-bond acceptors (Lipinski definition) is 3. The van der Waals surface area contributed by atoms with Crippen LogP contribution in [-0.2, 0) is 6.54 Å². The molecule has 0 unspecified atom stereocenters. The van der Waals surface area contributed by atoms with Gasteiger partial charge in [-0.05, 0) is 66.2 Å². The zero-order valence-electron chi connectivity index (χ0n) is 15.8. The van der Waals surface area contributed by atoms with E-state index in [-0.39, 0.29) is 11.6 Å². The summed E-state index contributed by atoms with van der Waals surface area (Å²) in [6.07, 6.45) is 2.04. The first kappa shape index (κ1) is 18.5. The molecular weight excluding hydrogens is 400 g/mol. The van der Waals surface area contributed by atoms with Crippen molar-refractivity contribution in [3.63, 3.8) is 0 Å². The van der Waals surface area contributed by atoms with E-state index in [4.69, 9.17) is 0 Å². The van der Waals surface area contributed by atoms with Gasteiger partial charge >= 0.3 is 0 Å². The minimum Gasteiger partial charge on any atom is -0.343 e. The minimum absolute atomic E-state index is 0.225. The van der Waals surface area contributed by atoms with Crippen molar-refractivity contribution in [3.8, 4) is 11.3 Å². The van der Waals surface area contributed by atoms with E-state index in [1.54, 1.807) is 24.3 Å². The Kier molecular flexibility index (Phi) is 4.77. The lowest BCUT2D eigenvalue weighted by molar-refractivity contribution is 0.626. The van der Waals surface area contributed by atoms with E-state index < -0.39 is 0 Å². The lowest BCUT2D eigenvalue weighted by Crippen LogP contribution is -1.98. The van der Waals surface area contributed by atoms with Crippen molar-refractivity contribution in [2.75, 3.05) is 5.32 Å². The number of thiazole rings is 1. The molecule has 2 heterocycles. The molecule has 0 radical (unpaired) electrons. The number of halogens is 2. The molecule has 0 atom stereocenters. The highest BCUT2D eigenvalue weighted by molar-refractivity contribution is 7.14. The number of aromatic nitrogens is 2. The fraction of sp³-hybridized carbons (Fsp3) is 0.0417. The monoisotopic (exact) mass is 417 g/mol. The third-order valence-electron chi connectivity index (χ3n) is 4.93. The number of anilines is 2. The van der Waals surface area contributed by atoms with E-state index in [0.717, 1.165) is 38.5 Å². The molecule has 0 aliphatic heterocycles. The van der Waals surface area contributed by atoms with E-state index in [1.165, 1.54) is 35.6 Å². The number of nitrogens with one attached hydrogen (secondary N) is 1. The molecule has 5 rings (SSSR count). The van der Waals surface area contributed by atoms with Crippen LogP contribution >= 0.6 is 11.3 Å². The summed E-state index contributed by atoms with van der Waals surface area (Å²) in [6.45, 7) is 0.685. The molecule has 0 aliphatic rings. The Balaban J connectivity index is 1.35. The Morgan fingerprint density at radius 2 is 1.60 bits per heavy atom. The third kappa shape index (κ3) is 3.82. The molecule has 30 heavy (non-hydrogen) atoms. The Morgan fingerprint density at radius 1 is 0.867 bits per heavy atom. The first-order valence-electron chi connectivity index (χ1n) is 9.46. The Morgan fingerprint density at radius 3 is 2.37 bits per heavy atom. The maximum atomic E-state index is 13.1. The van der Waals surface area contributed by atoms with Gasteiger partial charge in [0, 0.05) is 40.3 Å². The van der Waals surface area contributed by atoms with Crippen LogP contribution in [0.15, 0.2) is 84.4 Å². The molecule has 2 aromatic heterocycles. The standard InChI is InChI=1S/C24H17F2N3S/c25-19-5-1-16(2-6-19)14-29-12-11-18-13-21(9-10-23(18)29)27-24-28-22(15-30-24)17-3-7-20(26)8-4-17/h1-13,15H,14H2,(H,27,28). The molecule has 6 heteroatoms. The molecule has 1 N–H and O–H groups in total. The van der Waals surface area contributed by atoms with Crippen LogP contribution in [0.2, 0.25) is 0 Å². The van der Waals surface area contributed by atoms with Crippen molar-refractivity contribution in [2.24, 2.45) is 0 Å². The second-order valence-electron chi connectivity index (χ2n) is 7.01. The maximum Gasteiger partial charge on any atom is 0.187 e. The molecule has 0 saturated heterocycles. The molecule has 3 aromatic carbocycles. The molecule has 0 aliphatic carbocycles. The predicted molar refractivity (Wildman–Crippen MR) is 118 cm³/mol. The fourth-order valence-electron chi connectivity index (χ4n) is 3.41. The molecule has 148 valence electrons. The van der Waals surface area contributed by atoms with Crippen LogP contribution in [0.5, 0.6) is 0 Å². The maximum absolute atomic E-state index is 13.1. The van der Waals surface area contributed by atoms with Gasteiger partial charge in [-0.25, -0.2) is 13.8 Å². The Hall–Kier alpha value is -3.51. The zero-order valence-corrected chi connectivity index (χ0v) is 16.7. The van der Waals surface area contributed by atoms with Crippen molar-refractivity contribution in [1.82, 2.24) is 9.55 Å². The molecule has 3 nitrogen and oxygen atoms in total. The van der Waals surface area contributed by atoms with Gasteiger partial charge in [-0.2, -0.15) is 0 Å². The summed E-state index contributed by atoms with van der Waals surface area (Å²) in [4.78, 5) is 4.60. The largest absolute Gasteiger partial charge is 0.343 e. The molecule has 0 amide bonds. The second-order valence-corrected chi connectivity index (χ2v) is 7.87. The quantitative estimate of drug-likeness (QED) is 0.339. The summed E-state index contributed by atoms with van der Waals surface area (Å²) in [7, 11) is 0. The molecule has 0 spiro atoms. The van der Waals surface area contributed by atoms with Crippen molar-refractivity contribution in [1.29, 1.82) is 0 Å². The van der Waals surface area contributed by atoms with Crippen molar-refractivity contribution in [2.45, 2.75) is 6.54 Å². The zero-order chi connectivity index (χ0) is 20.5. The van der Waals surface area contributed by atoms with Crippen LogP contribution in [-0.4, -0.2) is 9.55 Å². The van der Waals surface area contributed by atoms with Gasteiger partial charge in [0.15, 0.2) is 5.13 Å². The van der Waals surface area contributed by atoms with Crippen molar-refractivity contribution >= 4 is 33.1 Å². The summed E-state index contributed by atoms with van der Waals surface area (Å²) in [6, 6.07) is 21.1. The van der Waals surface area contributed by atoms with Crippen LogP contribution < -0.4 is 5.32 Å². The molecule has 5 aromatic rings. The van der Waals surface area contributed by atoms with Gasteiger partial charge in [0.2, 0.25) is 0 Å². The van der Waals surface area contributed by atoms with E-state index in [9.17, 15) is 8.78 Å². The lowest BCUT2D eigenvalue weighted by atomic mass is 10.2. The third-order valence-corrected chi connectivity index (χ3v) is 5.69. The van der Waals surface area contributed by atoms with Crippen molar-refractivity contribution in [3.05, 3.63) is 102 Å². The highest BCUT2D eigenvalue weighted by atomic mass is 32.1. The summed E-state index contributed by atoms with van der Waals surface area (Å²) >= 11 is 1.51. The van der Waals surface area contributed by atoms with Crippen LogP contribution in [0.4, 0.5) is 19.6 Å². The summed E-state index contributed by atoms with van der Waals surface area (Å²) < 4.78 is 28.4. The topological polar surface area (TPSA) is 29.9 Å². The molecule has 0 fully saturated rings. The van der Waals surface area contributed by atoms with Gasteiger partial charge < -0.3 is 9.88 Å². The molecular formula is C24H17F2N3S. The number of fused-ring (bicyclic) bond motifs is 1. The van der Waals surface area contributed by atoms with Crippen LogP contribution in [0.1, 0.15) is 5.56 Å². The summed E-state index contributed by atoms with van der Waals surface area (Å²) in [5, 5.41) is 7.18. The van der Waals surface area contributed by atoms with Crippen LogP contribution in [0.25, 0.3) is 22.2 Å². The smallest absolute Gasteiger partial charge is 0.187 e. The Labute approximate surface area is 176 Å². The lowest BCUT2D eigenvalue weighted by Gasteiger charge is -2.07. The van der Waals surface area contributed by atoms with Gasteiger partial charge in [0.1, 0.15) is 11.6 Å². The average Bonchev–Trinajstić information content (AvgIpc) is 3.37.